The van der Waals surface area contributed by atoms with Crippen LogP contribution in [0, 0.1) is 5.82 Å². The average molecular weight is 388 g/mol. The van der Waals surface area contributed by atoms with E-state index in [2.05, 4.69) is 16.4 Å². The molecule has 4 nitrogen and oxygen atoms in total. The zero-order valence-electron chi connectivity index (χ0n) is 15.2. The van der Waals surface area contributed by atoms with Crippen LogP contribution >= 0.6 is 12.4 Å². The molecule has 0 aliphatic carbocycles. The Balaban J connectivity index is 0.00000210. The van der Waals surface area contributed by atoms with E-state index in [0.29, 0.717) is 12.5 Å². The minimum Gasteiger partial charge on any atom is -0.357 e. The van der Waals surface area contributed by atoms with Crippen molar-refractivity contribution >= 4 is 29.2 Å². The Morgan fingerprint density at radius 3 is 2.81 bits per heavy atom. The number of fused-ring (bicyclic) bond motifs is 1. The Labute approximate surface area is 164 Å². The first kappa shape index (κ1) is 19.4. The summed E-state index contributed by atoms with van der Waals surface area (Å²) < 4.78 is 13.4. The van der Waals surface area contributed by atoms with E-state index in [1.165, 1.54) is 12.1 Å². The van der Waals surface area contributed by atoms with Crippen molar-refractivity contribution in [2.45, 2.75) is 18.9 Å². The molecule has 6 heteroatoms. The van der Waals surface area contributed by atoms with Gasteiger partial charge in [0.2, 0.25) is 0 Å². The zero-order valence-corrected chi connectivity index (χ0v) is 16.0. The third-order valence-corrected chi connectivity index (χ3v) is 5.08. The van der Waals surface area contributed by atoms with E-state index in [0.717, 1.165) is 47.2 Å². The van der Waals surface area contributed by atoms with Gasteiger partial charge in [0.05, 0.1) is 6.54 Å². The predicted octanol–water partition coefficient (Wildman–Crippen LogP) is 4.08. The summed E-state index contributed by atoms with van der Waals surface area (Å²) in [6, 6.07) is 14.4. The highest BCUT2D eigenvalue weighted by atomic mass is 35.5. The zero-order chi connectivity index (χ0) is 18.1. The smallest absolute Gasteiger partial charge is 0.254 e. The SMILES string of the molecule is CN(Cc1cc2cc(F)ccc2[nH]1)C(=O)c1ccccc1C1CCNC1.Cl. The fourth-order valence-corrected chi connectivity index (χ4v) is 3.75. The highest BCUT2D eigenvalue weighted by Gasteiger charge is 2.23. The molecule has 1 atom stereocenters. The van der Waals surface area contributed by atoms with Gasteiger partial charge in [-0.15, -0.1) is 12.4 Å². The maximum atomic E-state index is 13.4. The Bertz CT molecular complexity index is 950. The van der Waals surface area contributed by atoms with Crippen molar-refractivity contribution in [3.05, 3.63) is 71.2 Å². The van der Waals surface area contributed by atoms with Crippen molar-refractivity contribution in [3.63, 3.8) is 0 Å². The van der Waals surface area contributed by atoms with Crippen LogP contribution in [0.3, 0.4) is 0 Å². The van der Waals surface area contributed by atoms with Crippen molar-refractivity contribution in [1.29, 1.82) is 0 Å². The number of nitrogens with one attached hydrogen (secondary N) is 2. The summed E-state index contributed by atoms with van der Waals surface area (Å²) in [5.41, 5.74) is 3.65. The summed E-state index contributed by atoms with van der Waals surface area (Å²) in [6.45, 7) is 2.36. The lowest BCUT2D eigenvalue weighted by atomic mass is 9.93. The molecule has 2 aromatic carbocycles. The van der Waals surface area contributed by atoms with E-state index in [4.69, 9.17) is 0 Å². The van der Waals surface area contributed by atoms with Gasteiger partial charge < -0.3 is 15.2 Å². The van der Waals surface area contributed by atoms with Gasteiger partial charge in [0.1, 0.15) is 5.82 Å². The first-order valence-corrected chi connectivity index (χ1v) is 8.94. The summed E-state index contributed by atoms with van der Waals surface area (Å²) in [6.07, 6.45) is 1.06. The third-order valence-electron chi connectivity index (χ3n) is 5.08. The van der Waals surface area contributed by atoms with Gasteiger partial charge in [0.15, 0.2) is 0 Å². The van der Waals surface area contributed by atoms with Crippen LogP contribution in [0.25, 0.3) is 10.9 Å². The topological polar surface area (TPSA) is 48.1 Å². The maximum Gasteiger partial charge on any atom is 0.254 e. The molecule has 1 aliphatic heterocycles. The van der Waals surface area contributed by atoms with E-state index in [1.54, 1.807) is 18.0 Å². The quantitative estimate of drug-likeness (QED) is 0.708. The highest BCUT2D eigenvalue weighted by molar-refractivity contribution is 5.95. The number of carbonyl (C=O) groups excluding carboxylic acids is 1. The van der Waals surface area contributed by atoms with E-state index < -0.39 is 0 Å². The maximum absolute atomic E-state index is 13.4. The van der Waals surface area contributed by atoms with Crippen LogP contribution in [0.5, 0.6) is 0 Å². The molecule has 1 aliphatic rings. The van der Waals surface area contributed by atoms with Crippen molar-refractivity contribution < 1.29 is 9.18 Å². The Kier molecular flexibility index (Phi) is 5.82. The molecule has 0 bridgehead atoms. The molecule has 1 saturated heterocycles. The van der Waals surface area contributed by atoms with Crippen LogP contribution < -0.4 is 5.32 Å². The number of aromatic amines is 1. The molecule has 0 radical (unpaired) electrons. The van der Waals surface area contributed by atoms with Gasteiger partial charge in [0, 0.05) is 35.8 Å². The Morgan fingerprint density at radius 2 is 2.04 bits per heavy atom. The molecular weight excluding hydrogens is 365 g/mol. The molecular formula is C21H23ClFN3O. The fraction of sp³-hybridized carbons (Fsp3) is 0.286. The number of hydrogen-bond acceptors (Lipinski definition) is 2. The molecule has 3 aromatic rings. The lowest BCUT2D eigenvalue weighted by molar-refractivity contribution is 0.0782. The normalized spacial score (nSPS) is 16.3. The molecule has 1 fully saturated rings. The van der Waals surface area contributed by atoms with E-state index in [9.17, 15) is 9.18 Å². The number of hydrogen-bond donors (Lipinski definition) is 2. The van der Waals surface area contributed by atoms with E-state index in [-0.39, 0.29) is 24.1 Å². The van der Waals surface area contributed by atoms with Crippen molar-refractivity contribution in [2.75, 3.05) is 20.1 Å². The number of benzene rings is 2. The molecule has 142 valence electrons. The number of halogens is 2. The van der Waals surface area contributed by atoms with Crippen LogP contribution in [0.1, 0.15) is 34.0 Å². The second-order valence-electron chi connectivity index (χ2n) is 6.96. The number of amides is 1. The molecule has 27 heavy (non-hydrogen) atoms. The van der Waals surface area contributed by atoms with Crippen LogP contribution in [0.15, 0.2) is 48.5 Å². The standard InChI is InChI=1S/C21H22FN3O.ClH/c1-25(13-17-11-15-10-16(22)6-7-20(15)24-17)21(26)19-5-3-2-4-18(19)14-8-9-23-12-14;/h2-7,10-11,14,23-24H,8-9,12-13H2,1H3;1H. The Hall–Kier alpha value is -2.37. The minimum atomic E-state index is -0.258. The third kappa shape index (κ3) is 3.99. The highest BCUT2D eigenvalue weighted by Crippen LogP contribution is 2.27. The summed E-state index contributed by atoms with van der Waals surface area (Å²) in [5, 5.41) is 4.18. The van der Waals surface area contributed by atoms with Crippen molar-refractivity contribution in [3.8, 4) is 0 Å². The molecule has 2 N–H and O–H groups in total. The second-order valence-corrected chi connectivity index (χ2v) is 6.96. The first-order valence-electron chi connectivity index (χ1n) is 8.94. The van der Waals surface area contributed by atoms with Gasteiger partial charge in [-0.05, 0) is 54.8 Å². The minimum absolute atomic E-state index is 0. The molecule has 1 amide bonds. The van der Waals surface area contributed by atoms with Gasteiger partial charge in [-0.25, -0.2) is 4.39 Å². The van der Waals surface area contributed by atoms with Crippen LogP contribution in [-0.2, 0) is 6.54 Å². The van der Waals surface area contributed by atoms with Crippen molar-refractivity contribution in [2.24, 2.45) is 0 Å². The van der Waals surface area contributed by atoms with Crippen LogP contribution in [-0.4, -0.2) is 35.9 Å². The second kappa shape index (κ2) is 8.11. The van der Waals surface area contributed by atoms with Gasteiger partial charge in [0.25, 0.3) is 5.91 Å². The molecule has 0 spiro atoms. The van der Waals surface area contributed by atoms with E-state index in [1.807, 2.05) is 24.3 Å². The average Bonchev–Trinajstić information content (AvgIpc) is 3.30. The fourth-order valence-electron chi connectivity index (χ4n) is 3.75. The predicted molar refractivity (Wildman–Crippen MR) is 108 cm³/mol. The monoisotopic (exact) mass is 387 g/mol. The summed E-state index contributed by atoms with van der Waals surface area (Å²) in [7, 11) is 1.80. The molecule has 4 rings (SSSR count). The van der Waals surface area contributed by atoms with E-state index >= 15 is 0 Å². The lowest BCUT2D eigenvalue weighted by Gasteiger charge is -2.20. The summed E-state index contributed by atoms with van der Waals surface area (Å²) >= 11 is 0. The van der Waals surface area contributed by atoms with Crippen LogP contribution in [0.4, 0.5) is 4.39 Å². The number of nitrogens with zero attached hydrogens (tertiary/aromatic N) is 1. The van der Waals surface area contributed by atoms with Gasteiger partial charge >= 0.3 is 0 Å². The lowest BCUT2D eigenvalue weighted by Crippen LogP contribution is -2.27. The summed E-state index contributed by atoms with van der Waals surface area (Å²) in [5.74, 6) is 0.142. The summed E-state index contributed by atoms with van der Waals surface area (Å²) in [4.78, 5) is 18.0. The molecule has 1 unspecified atom stereocenters. The van der Waals surface area contributed by atoms with Gasteiger partial charge in [-0.2, -0.15) is 0 Å². The van der Waals surface area contributed by atoms with Gasteiger partial charge in [-0.3, -0.25) is 4.79 Å². The Morgan fingerprint density at radius 1 is 1.22 bits per heavy atom. The molecule has 1 aromatic heterocycles. The van der Waals surface area contributed by atoms with Gasteiger partial charge in [-0.1, -0.05) is 18.2 Å². The number of aromatic nitrogens is 1. The number of carbonyl (C=O) groups is 1. The van der Waals surface area contributed by atoms with Crippen LogP contribution in [0.2, 0.25) is 0 Å². The molecule has 2 heterocycles. The number of H-pyrrole nitrogens is 1. The first-order chi connectivity index (χ1) is 12.6. The van der Waals surface area contributed by atoms with Crippen molar-refractivity contribution in [1.82, 2.24) is 15.2 Å². The number of rotatable bonds is 4. The molecule has 0 saturated carbocycles. The largest absolute Gasteiger partial charge is 0.357 e.